The summed E-state index contributed by atoms with van der Waals surface area (Å²) in [5.74, 6) is -3.57. The van der Waals surface area contributed by atoms with Gasteiger partial charge in [0.1, 0.15) is 23.0 Å². The van der Waals surface area contributed by atoms with Gasteiger partial charge in [-0.25, -0.2) is 13.8 Å². The molecule has 1 heterocycles. The van der Waals surface area contributed by atoms with E-state index in [2.05, 4.69) is 20.9 Å². The van der Waals surface area contributed by atoms with Crippen LogP contribution in [0.25, 0.3) is 10.2 Å². The van der Waals surface area contributed by atoms with E-state index < -0.39 is 23.1 Å². The van der Waals surface area contributed by atoms with Crippen LogP contribution in [0.2, 0.25) is 0 Å². The number of aromatic nitrogens is 1. The molecule has 1 amide bonds. The molecule has 0 bridgehead atoms. The van der Waals surface area contributed by atoms with Crippen molar-refractivity contribution in [2.24, 2.45) is 5.73 Å². The van der Waals surface area contributed by atoms with E-state index in [-0.39, 0.29) is 12.4 Å². The van der Waals surface area contributed by atoms with E-state index in [1.54, 1.807) is 0 Å². The number of hydrogen-bond acceptors (Lipinski definition) is 4. The van der Waals surface area contributed by atoms with Crippen molar-refractivity contribution in [3.63, 3.8) is 0 Å². The number of carbonyl (C=O) groups is 1. The molecule has 118 valence electrons. The highest BCUT2D eigenvalue weighted by molar-refractivity contribution is 9.10. The fraction of sp³-hybridized carbons (Fsp3) is 0.0667. The number of halogens is 3. The Morgan fingerprint density at radius 2 is 2.09 bits per heavy atom. The Balaban J connectivity index is 1.85. The number of hydrogen-bond donors (Lipinski definition) is 1. The molecule has 0 saturated heterocycles. The van der Waals surface area contributed by atoms with Crippen LogP contribution in [0.1, 0.15) is 15.4 Å². The van der Waals surface area contributed by atoms with Crippen LogP contribution in [0, 0.1) is 11.6 Å². The Labute approximate surface area is 142 Å². The zero-order chi connectivity index (χ0) is 16.6. The maximum absolute atomic E-state index is 14.1. The lowest BCUT2D eigenvalue weighted by atomic mass is 10.2. The molecule has 8 heteroatoms. The molecule has 4 nitrogen and oxygen atoms in total. The van der Waals surface area contributed by atoms with Gasteiger partial charge in [0, 0.05) is 4.47 Å². The van der Waals surface area contributed by atoms with Crippen LogP contribution < -0.4 is 10.5 Å². The number of amides is 1. The van der Waals surface area contributed by atoms with Crippen molar-refractivity contribution in [1.29, 1.82) is 0 Å². The summed E-state index contributed by atoms with van der Waals surface area (Å²) in [7, 11) is 0. The summed E-state index contributed by atoms with van der Waals surface area (Å²) in [6, 6.07) is 7.71. The molecule has 0 radical (unpaired) electrons. The molecule has 2 N–H and O–H groups in total. The quantitative estimate of drug-likeness (QED) is 0.721. The smallest absolute Gasteiger partial charge is 0.254 e. The largest absolute Gasteiger partial charge is 0.483 e. The molecule has 0 fully saturated rings. The molecule has 3 aromatic rings. The molecule has 0 spiro atoms. The number of fused-ring (bicyclic) bond motifs is 1. The first-order valence-corrected chi connectivity index (χ1v) is 8.02. The van der Waals surface area contributed by atoms with Crippen LogP contribution >= 0.6 is 27.3 Å². The van der Waals surface area contributed by atoms with Crippen molar-refractivity contribution in [3.8, 4) is 5.75 Å². The Morgan fingerprint density at radius 1 is 1.30 bits per heavy atom. The number of nitrogens with two attached hydrogens (primary N) is 1. The minimum absolute atomic E-state index is 0.00226. The van der Waals surface area contributed by atoms with Crippen molar-refractivity contribution in [2.45, 2.75) is 6.61 Å². The van der Waals surface area contributed by atoms with Crippen LogP contribution in [0.5, 0.6) is 5.75 Å². The number of carbonyl (C=O) groups excluding carboxylic acids is 1. The van der Waals surface area contributed by atoms with Gasteiger partial charge in [-0.05, 0) is 30.3 Å². The van der Waals surface area contributed by atoms with Crippen LogP contribution in [-0.2, 0) is 6.61 Å². The van der Waals surface area contributed by atoms with Crippen molar-refractivity contribution in [1.82, 2.24) is 4.98 Å². The average molecular weight is 399 g/mol. The van der Waals surface area contributed by atoms with Gasteiger partial charge in [0.15, 0.2) is 11.6 Å². The van der Waals surface area contributed by atoms with E-state index in [0.29, 0.717) is 5.01 Å². The predicted octanol–water partition coefficient (Wildman–Crippen LogP) is 4.01. The number of nitrogens with zero attached hydrogens (tertiary/aromatic N) is 1. The first-order valence-electron chi connectivity index (χ1n) is 6.41. The number of rotatable bonds is 4. The van der Waals surface area contributed by atoms with Gasteiger partial charge in [-0.15, -0.1) is 11.3 Å². The number of primary amides is 1. The Kier molecular flexibility index (Phi) is 4.27. The Morgan fingerprint density at radius 3 is 2.83 bits per heavy atom. The van der Waals surface area contributed by atoms with Gasteiger partial charge >= 0.3 is 0 Å². The van der Waals surface area contributed by atoms with Gasteiger partial charge in [0.2, 0.25) is 0 Å². The molecule has 3 rings (SSSR count). The maximum Gasteiger partial charge on any atom is 0.254 e. The van der Waals surface area contributed by atoms with E-state index in [1.165, 1.54) is 11.3 Å². The van der Waals surface area contributed by atoms with Crippen molar-refractivity contribution in [3.05, 3.63) is 57.0 Å². The average Bonchev–Trinajstić information content (AvgIpc) is 2.88. The van der Waals surface area contributed by atoms with Crippen LogP contribution in [-0.4, -0.2) is 10.9 Å². The highest BCUT2D eigenvalue weighted by atomic mass is 79.9. The second-order valence-electron chi connectivity index (χ2n) is 4.61. The van der Waals surface area contributed by atoms with Crippen LogP contribution in [0.4, 0.5) is 8.78 Å². The summed E-state index contributed by atoms with van der Waals surface area (Å²) in [6.07, 6.45) is 0. The zero-order valence-electron chi connectivity index (χ0n) is 11.5. The lowest BCUT2D eigenvalue weighted by Gasteiger charge is -2.08. The summed E-state index contributed by atoms with van der Waals surface area (Å²) >= 11 is 4.76. The molecular formula is C15H9BrF2N2O2S. The lowest BCUT2D eigenvalue weighted by molar-refractivity contribution is 0.0991. The van der Waals surface area contributed by atoms with Crippen molar-refractivity contribution in [2.75, 3.05) is 0 Å². The molecule has 0 aliphatic heterocycles. The highest BCUT2D eigenvalue weighted by Gasteiger charge is 2.19. The third-order valence-corrected chi connectivity index (χ3v) is 4.55. The summed E-state index contributed by atoms with van der Waals surface area (Å²) in [6.45, 7) is -0.00226. The third-order valence-electron chi connectivity index (χ3n) is 3.05. The predicted molar refractivity (Wildman–Crippen MR) is 86.5 cm³/mol. The highest BCUT2D eigenvalue weighted by Crippen LogP contribution is 2.27. The van der Waals surface area contributed by atoms with Crippen LogP contribution in [0.15, 0.2) is 34.8 Å². The lowest BCUT2D eigenvalue weighted by Crippen LogP contribution is -2.16. The van der Waals surface area contributed by atoms with Gasteiger partial charge in [-0.3, -0.25) is 4.79 Å². The van der Waals surface area contributed by atoms with Gasteiger partial charge in [0.25, 0.3) is 5.91 Å². The molecule has 2 aromatic carbocycles. The molecule has 0 aliphatic carbocycles. The van der Waals surface area contributed by atoms with E-state index in [0.717, 1.165) is 26.8 Å². The number of benzene rings is 2. The summed E-state index contributed by atoms with van der Waals surface area (Å²) in [5.41, 5.74) is 4.95. The second-order valence-corrected chi connectivity index (χ2v) is 6.64. The molecular weight excluding hydrogens is 390 g/mol. The minimum Gasteiger partial charge on any atom is -0.483 e. The van der Waals surface area contributed by atoms with E-state index >= 15 is 0 Å². The zero-order valence-corrected chi connectivity index (χ0v) is 13.9. The summed E-state index contributed by atoms with van der Waals surface area (Å²) in [5, 5.41) is 0.627. The standard InChI is InChI=1S/C15H9BrF2N2O2S/c16-7-1-4-11-9(5-7)20-12(23-11)6-22-10-3-2-8(17)13(14(10)18)15(19)21/h1-5H,6H2,(H2,19,21). The molecule has 0 saturated carbocycles. The molecule has 0 unspecified atom stereocenters. The fourth-order valence-corrected chi connectivity index (χ4v) is 3.23. The summed E-state index contributed by atoms with van der Waals surface area (Å²) in [4.78, 5) is 15.5. The summed E-state index contributed by atoms with van der Waals surface area (Å²) < 4.78 is 34.6. The van der Waals surface area contributed by atoms with Gasteiger partial charge in [-0.1, -0.05) is 15.9 Å². The molecule has 0 atom stereocenters. The normalized spacial score (nSPS) is 10.9. The second kappa shape index (κ2) is 6.21. The van der Waals surface area contributed by atoms with Gasteiger partial charge in [-0.2, -0.15) is 0 Å². The molecule has 1 aromatic heterocycles. The molecule has 0 aliphatic rings. The van der Waals surface area contributed by atoms with E-state index in [1.807, 2.05) is 18.2 Å². The fourth-order valence-electron chi connectivity index (χ4n) is 2.02. The Bertz CT molecular complexity index is 914. The van der Waals surface area contributed by atoms with E-state index in [4.69, 9.17) is 10.5 Å². The number of ether oxygens (including phenoxy) is 1. The maximum atomic E-state index is 14.1. The monoisotopic (exact) mass is 398 g/mol. The first-order chi connectivity index (χ1) is 11.0. The SMILES string of the molecule is NC(=O)c1c(F)ccc(OCc2nc3cc(Br)ccc3s2)c1F. The Hall–Kier alpha value is -2.06. The van der Waals surface area contributed by atoms with Crippen LogP contribution in [0.3, 0.4) is 0 Å². The third kappa shape index (κ3) is 3.18. The minimum atomic E-state index is -1.18. The topological polar surface area (TPSA) is 65.2 Å². The first kappa shape index (κ1) is 15.8. The van der Waals surface area contributed by atoms with Crippen molar-refractivity contribution >= 4 is 43.4 Å². The number of thiazole rings is 1. The van der Waals surface area contributed by atoms with Gasteiger partial charge < -0.3 is 10.5 Å². The van der Waals surface area contributed by atoms with Crippen molar-refractivity contribution < 1.29 is 18.3 Å². The molecule has 23 heavy (non-hydrogen) atoms. The van der Waals surface area contributed by atoms with E-state index in [9.17, 15) is 13.6 Å². The van der Waals surface area contributed by atoms with Gasteiger partial charge in [0.05, 0.1) is 10.2 Å².